The van der Waals surface area contributed by atoms with E-state index in [0.717, 1.165) is 37.0 Å². The Balaban J connectivity index is 0.00000225. The number of nitrogens with one attached hydrogen (secondary N) is 1. The van der Waals surface area contributed by atoms with E-state index in [2.05, 4.69) is 5.32 Å². The topological polar surface area (TPSA) is 61.9 Å². The third kappa shape index (κ3) is 4.46. The number of halogens is 1. The fourth-order valence-corrected chi connectivity index (χ4v) is 5.44. The van der Waals surface area contributed by atoms with Gasteiger partial charge in [0.1, 0.15) is 5.75 Å². The van der Waals surface area contributed by atoms with Gasteiger partial charge in [-0.15, -0.1) is 12.4 Å². The van der Waals surface area contributed by atoms with Gasteiger partial charge < -0.3 is 10.1 Å². The van der Waals surface area contributed by atoms with Crippen molar-refractivity contribution in [1.82, 2.24) is 13.9 Å². The molecule has 0 bridgehead atoms. The third-order valence-corrected chi connectivity index (χ3v) is 6.93. The number of nitrogens with zero attached hydrogens (tertiary/aromatic N) is 2. The van der Waals surface area contributed by atoms with Crippen LogP contribution in [0, 0.1) is 0 Å². The molecule has 3 rings (SSSR count). The van der Waals surface area contributed by atoms with Crippen molar-refractivity contribution in [3.63, 3.8) is 0 Å². The number of benzene rings is 1. The molecule has 0 aromatic heterocycles. The standard InChI is InChI=1S/C17H27N3O3S.ClH/c1-23-17-9-5-4-8-15(17)16-14-18-10-13-20(16)24(21,22)19-11-6-2-3-7-12-19;/h4-5,8-9,16,18H,2-3,6-7,10-14H2,1H3;1H. The lowest BCUT2D eigenvalue weighted by atomic mass is 10.0. The molecule has 142 valence electrons. The van der Waals surface area contributed by atoms with E-state index >= 15 is 0 Å². The van der Waals surface area contributed by atoms with Gasteiger partial charge in [0.2, 0.25) is 0 Å². The normalized spacial score (nSPS) is 23.5. The van der Waals surface area contributed by atoms with E-state index in [-0.39, 0.29) is 18.4 Å². The van der Waals surface area contributed by atoms with Crippen LogP contribution in [0.1, 0.15) is 37.3 Å². The number of ether oxygens (including phenoxy) is 1. The first kappa shape index (κ1) is 20.5. The molecule has 25 heavy (non-hydrogen) atoms. The van der Waals surface area contributed by atoms with Gasteiger partial charge in [0.15, 0.2) is 0 Å². The second-order valence-electron chi connectivity index (χ2n) is 6.39. The molecule has 1 aromatic carbocycles. The highest BCUT2D eigenvalue weighted by Gasteiger charge is 2.38. The fraction of sp³-hybridized carbons (Fsp3) is 0.647. The average molecular weight is 390 g/mol. The number of hydrogen-bond donors (Lipinski definition) is 1. The third-order valence-electron chi connectivity index (χ3n) is 4.88. The minimum absolute atomic E-state index is 0. The molecule has 0 spiro atoms. The van der Waals surface area contributed by atoms with Gasteiger partial charge in [-0.25, -0.2) is 0 Å². The van der Waals surface area contributed by atoms with E-state index in [1.165, 1.54) is 0 Å². The van der Waals surface area contributed by atoms with Crippen molar-refractivity contribution in [1.29, 1.82) is 0 Å². The highest BCUT2D eigenvalue weighted by molar-refractivity contribution is 7.86. The predicted octanol–water partition coefficient (Wildman–Crippen LogP) is 2.18. The van der Waals surface area contributed by atoms with Gasteiger partial charge in [-0.1, -0.05) is 31.0 Å². The zero-order chi connectivity index (χ0) is 17.0. The summed E-state index contributed by atoms with van der Waals surface area (Å²) in [6, 6.07) is 7.46. The van der Waals surface area contributed by atoms with Gasteiger partial charge in [0, 0.05) is 38.3 Å². The zero-order valence-electron chi connectivity index (χ0n) is 14.7. The van der Waals surface area contributed by atoms with E-state index in [4.69, 9.17) is 4.74 Å². The van der Waals surface area contributed by atoms with Crippen LogP contribution >= 0.6 is 12.4 Å². The van der Waals surface area contributed by atoms with Gasteiger partial charge in [0.05, 0.1) is 13.2 Å². The van der Waals surface area contributed by atoms with Crippen molar-refractivity contribution in [2.75, 3.05) is 39.8 Å². The Morgan fingerprint density at radius 2 is 1.76 bits per heavy atom. The number of rotatable bonds is 4. The number of para-hydroxylation sites is 1. The molecule has 0 saturated carbocycles. The molecule has 0 radical (unpaired) electrons. The summed E-state index contributed by atoms with van der Waals surface area (Å²) < 4.78 is 35.3. The van der Waals surface area contributed by atoms with Gasteiger partial charge >= 0.3 is 0 Å². The van der Waals surface area contributed by atoms with Crippen molar-refractivity contribution in [3.05, 3.63) is 29.8 Å². The Kier molecular flexibility index (Phi) is 7.51. The Labute approximate surface area is 157 Å². The molecule has 1 aromatic rings. The van der Waals surface area contributed by atoms with E-state index in [1.807, 2.05) is 24.3 Å². The lowest BCUT2D eigenvalue weighted by Crippen LogP contribution is -2.53. The summed E-state index contributed by atoms with van der Waals surface area (Å²) in [5, 5.41) is 3.32. The Morgan fingerprint density at radius 3 is 2.44 bits per heavy atom. The first-order valence-corrected chi connectivity index (χ1v) is 10.1. The maximum Gasteiger partial charge on any atom is 0.282 e. The molecule has 1 unspecified atom stereocenters. The van der Waals surface area contributed by atoms with Gasteiger partial charge in [-0.3, -0.25) is 0 Å². The zero-order valence-corrected chi connectivity index (χ0v) is 16.3. The SMILES string of the molecule is COc1ccccc1C1CNCCN1S(=O)(=O)N1CCCCCC1.Cl. The molecule has 1 atom stereocenters. The summed E-state index contributed by atoms with van der Waals surface area (Å²) in [5.41, 5.74) is 0.922. The van der Waals surface area contributed by atoms with Crippen molar-refractivity contribution in [2.45, 2.75) is 31.7 Å². The summed E-state index contributed by atoms with van der Waals surface area (Å²) in [7, 11) is -1.83. The van der Waals surface area contributed by atoms with Gasteiger partial charge in [-0.05, 0) is 18.9 Å². The summed E-state index contributed by atoms with van der Waals surface area (Å²) in [5.74, 6) is 0.738. The predicted molar refractivity (Wildman–Crippen MR) is 102 cm³/mol. The lowest BCUT2D eigenvalue weighted by Gasteiger charge is -2.38. The second kappa shape index (κ2) is 9.19. The average Bonchev–Trinajstić information content (AvgIpc) is 2.91. The largest absolute Gasteiger partial charge is 0.496 e. The quantitative estimate of drug-likeness (QED) is 0.857. The Hall–Kier alpha value is -0.860. The highest BCUT2D eigenvalue weighted by atomic mass is 35.5. The summed E-state index contributed by atoms with van der Waals surface area (Å²) in [6.45, 7) is 3.03. The van der Waals surface area contributed by atoms with Gasteiger partial charge in [-0.2, -0.15) is 17.0 Å². The molecule has 2 fully saturated rings. The van der Waals surface area contributed by atoms with Crippen LogP contribution in [0.4, 0.5) is 0 Å². The van der Waals surface area contributed by atoms with Crippen molar-refractivity contribution in [3.8, 4) is 5.75 Å². The molecular weight excluding hydrogens is 362 g/mol. The smallest absolute Gasteiger partial charge is 0.282 e. The maximum absolute atomic E-state index is 13.3. The second-order valence-corrected chi connectivity index (χ2v) is 8.27. The fourth-order valence-electron chi connectivity index (χ4n) is 3.59. The monoisotopic (exact) mass is 389 g/mol. The molecule has 1 N–H and O–H groups in total. The molecular formula is C17H28ClN3O3S. The van der Waals surface area contributed by atoms with E-state index in [1.54, 1.807) is 15.7 Å². The van der Waals surface area contributed by atoms with Crippen LogP contribution in [0.15, 0.2) is 24.3 Å². The van der Waals surface area contributed by atoms with Crippen LogP contribution < -0.4 is 10.1 Å². The van der Waals surface area contributed by atoms with E-state index in [9.17, 15) is 8.42 Å². The van der Waals surface area contributed by atoms with Gasteiger partial charge in [0.25, 0.3) is 10.2 Å². The van der Waals surface area contributed by atoms with Crippen molar-refractivity contribution in [2.24, 2.45) is 0 Å². The highest BCUT2D eigenvalue weighted by Crippen LogP contribution is 2.33. The first-order valence-electron chi connectivity index (χ1n) is 8.75. The maximum atomic E-state index is 13.3. The van der Waals surface area contributed by atoms with Crippen LogP contribution in [0.25, 0.3) is 0 Å². The van der Waals surface area contributed by atoms with Crippen LogP contribution in [0.3, 0.4) is 0 Å². The van der Waals surface area contributed by atoms with Crippen LogP contribution in [-0.2, 0) is 10.2 Å². The number of piperazine rings is 1. The van der Waals surface area contributed by atoms with Crippen molar-refractivity contribution < 1.29 is 13.2 Å². The molecule has 0 aliphatic carbocycles. The molecule has 2 aliphatic heterocycles. The van der Waals surface area contributed by atoms with E-state index < -0.39 is 10.2 Å². The summed E-state index contributed by atoms with van der Waals surface area (Å²) >= 11 is 0. The minimum atomic E-state index is -3.46. The molecule has 2 heterocycles. The van der Waals surface area contributed by atoms with Crippen LogP contribution in [0.5, 0.6) is 5.75 Å². The summed E-state index contributed by atoms with van der Waals surface area (Å²) in [4.78, 5) is 0. The minimum Gasteiger partial charge on any atom is -0.496 e. The molecule has 8 heteroatoms. The Morgan fingerprint density at radius 1 is 1.08 bits per heavy atom. The lowest BCUT2D eigenvalue weighted by molar-refractivity contribution is 0.242. The number of methoxy groups -OCH3 is 1. The van der Waals surface area contributed by atoms with E-state index in [0.29, 0.717) is 32.7 Å². The molecule has 2 aliphatic rings. The first-order chi connectivity index (χ1) is 11.6. The molecule has 0 amide bonds. The summed E-state index contributed by atoms with van der Waals surface area (Å²) in [6.07, 6.45) is 4.13. The molecule has 6 nitrogen and oxygen atoms in total. The number of hydrogen-bond acceptors (Lipinski definition) is 4. The Bertz CT molecular complexity index is 648. The molecule has 2 saturated heterocycles. The van der Waals surface area contributed by atoms with Crippen LogP contribution in [-0.4, -0.2) is 56.9 Å². The van der Waals surface area contributed by atoms with Crippen molar-refractivity contribution >= 4 is 22.6 Å². The van der Waals surface area contributed by atoms with Crippen LogP contribution in [0.2, 0.25) is 0 Å².